The van der Waals surface area contributed by atoms with Crippen molar-refractivity contribution in [1.82, 2.24) is 4.31 Å². The van der Waals surface area contributed by atoms with Gasteiger partial charge in [-0.2, -0.15) is 4.31 Å². The second kappa shape index (κ2) is 6.97. The van der Waals surface area contributed by atoms with E-state index in [0.717, 1.165) is 16.4 Å². The van der Waals surface area contributed by atoms with Crippen molar-refractivity contribution in [2.45, 2.75) is 17.9 Å². The highest BCUT2D eigenvalue weighted by Crippen LogP contribution is 2.31. The van der Waals surface area contributed by atoms with Crippen molar-refractivity contribution in [3.8, 4) is 11.5 Å². The van der Waals surface area contributed by atoms with Crippen molar-refractivity contribution in [2.24, 2.45) is 0 Å². The minimum atomic E-state index is -4.06. The van der Waals surface area contributed by atoms with E-state index in [-0.39, 0.29) is 19.7 Å². The maximum absolute atomic E-state index is 13.4. The number of ether oxygens (including phenoxy) is 2. The molecule has 8 heteroatoms. The van der Waals surface area contributed by atoms with E-state index in [1.165, 1.54) is 0 Å². The van der Waals surface area contributed by atoms with Crippen LogP contribution in [-0.2, 0) is 10.0 Å². The molecule has 3 rings (SSSR count). The standard InChI is InChI=1S/C17H17F2NO4S/c1-2-20(25(21,22)15-8-12(18)7-13(19)9-15)10-14-11-23-16-5-3-4-6-17(16)24-14/h3-9,14H,2,10-11H2,1H3/t14-/m1/s1. The van der Waals surface area contributed by atoms with Crippen LogP contribution in [0.1, 0.15) is 6.92 Å². The highest BCUT2D eigenvalue weighted by atomic mass is 32.2. The smallest absolute Gasteiger partial charge is 0.243 e. The quantitative estimate of drug-likeness (QED) is 0.813. The molecule has 0 N–H and O–H groups in total. The topological polar surface area (TPSA) is 55.8 Å². The van der Waals surface area contributed by atoms with E-state index < -0.39 is 32.7 Å². The van der Waals surface area contributed by atoms with Gasteiger partial charge in [-0.3, -0.25) is 0 Å². The molecule has 0 aliphatic carbocycles. The predicted molar refractivity (Wildman–Crippen MR) is 87.1 cm³/mol. The number of hydrogen-bond acceptors (Lipinski definition) is 4. The number of benzene rings is 2. The molecule has 0 radical (unpaired) electrons. The van der Waals surface area contributed by atoms with Gasteiger partial charge in [0.25, 0.3) is 0 Å². The number of para-hydroxylation sites is 2. The fourth-order valence-corrected chi connectivity index (χ4v) is 4.13. The average Bonchev–Trinajstić information content (AvgIpc) is 2.58. The van der Waals surface area contributed by atoms with E-state index in [2.05, 4.69) is 0 Å². The van der Waals surface area contributed by atoms with Gasteiger partial charge in [0.1, 0.15) is 24.3 Å². The summed E-state index contributed by atoms with van der Waals surface area (Å²) in [7, 11) is -4.06. The van der Waals surface area contributed by atoms with Crippen molar-refractivity contribution in [3.05, 3.63) is 54.1 Å². The van der Waals surface area contributed by atoms with Crippen LogP contribution in [0.4, 0.5) is 8.78 Å². The first-order chi connectivity index (χ1) is 11.9. The van der Waals surface area contributed by atoms with E-state index in [1.54, 1.807) is 25.1 Å². The van der Waals surface area contributed by atoms with Crippen LogP contribution in [0.15, 0.2) is 47.4 Å². The Morgan fingerprint density at radius 3 is 2.40 bits per heavy atom. The summed E-state index contributed by atoms with van der Waals surface area (Å²) >= 11 is 0. The molecule has 1 aliphatic heterocycles. The van der Waals surface area contributed by atoms with Crippen LogP contribution >= 0.6 is 0 Å². The molecule has 2 aromatic rings. The molecule has 2 aromatic carbocycles. The fourth-order valence-electron chi connectivity index (χ4n) is 2.60. The van der Waals surface area contributed by atoms with Gasteiger partial charge in [-0.1, -0.05) is 19.1 Å². The van der Waals surface area contributed by atoms with Crippen LogP contribution in [0.25, 0.3) is 0 Å². The maximum Gasteiger partial charge on any atom is 0.243 e. The highest BCUT2D eigenvalue weighted by molar-refractivity contribution is 7.89. The Morgan fingerprint density at radius 2 is 1.76 bits per heavy atom. The summed E-state index contributed by atoms with van der Waals surface area (Å²) in [5.41, 5.74) is 0. The summed E-state index contributed by atoms with van der Waals surface area (Å²) in [6, 6.07) is 9.31. The molecule has 0 saturated carbocycles. The Bertz CT molecular complexity index is 852. The summed E-state index contributed by atoms with van der Waals surface area (Å²) in [6.45, 7) is 1.96. The van der Waals surface area contributed by atoms with Gasteiger partial charge in [0.05, 0.1) is 11.4 Å². The minimum Gasteiger partial charge on any atom is -0.486 e. The number of likely N-dealkylation sites (N-methyl/N-ethyl adjacent to an activating group) is 1. The Morgan fingerprint density at radius 1 is 1.12 bits per heavy atom. The van der Waals surface area contributed by atoms with Crippen molar-refractivity contribution in [3.63, 3.8) is 0 Å². The predicted octanol–water partition coefficient (Wildman–Crippen LogP) is 2.82. The van der Waals surface area contributed by atoms with E-state index >= 15 is 0 Å². The molecule has 5 nitrogen and oxygen atoms in total. The molecule has 25 heavy (non-hydrogen) atoms. The zero-order valence-corrected chi connectivity index (χ0v) is 14.3. The largest absolute Gasteiger partial charge is 0.486 e. The molecule has 0 fully saturated rings. The Labute approximate surface area is 144 Å². The van der Waals surface area contributed by atoms with E-state index in [1.807, 2.05) is 6.07 Å². The third-order valence-electron chi connectivity index (χ3n) is 3.80. The van der Waals surface area contributed by atoms with Crippen LogP contribution in [0.3, 0.4) is 0 Å². The molecule has 0 aromatic heterocycles. The maximum atomic E-state index is 13.4. The second-order valence-corrected chi connectivity index (χ2v) is 7.50. The molecule has 0 saturated heterocycles. The molecule has 1 atom stereocenters. The average molecular weight is 369 g/mol. The van der Waals surface area contributed by atoms with Crippen LogP contribution in [0.2, 0.25) is 0 Å². The van der Waals surface area contributed by atoms with Crippen LogP contribution in [0.5, 0.6) is 11.5 Å². The van der Waals surface area contributed by atoms with Crippen molar-refractivity contribution in [1.29, 1.82) is 0 Å². The molecule has 0 amide bonds. The first kappa shape index (κ1) is 17.6. The van der Waals surface area contributed by atoms with E-state index in [0.29, 0.717) is 17.6 Å². The van der Waals surface area contributed by atoms with Crippen LogP contribution in [-0.4, -0.2) is 38.5 Å². The molecule has 134 valence electrons. The summed E-state index contributed by atoms with van der Waals surface area (Å²) < 4.78 is 64.6. The Kier molecular flexibility index (Phi) is 4.91. The summed E-state index contributed by atoms with van der Waals surface area (Å²) in [5.74, 6) is -0.762. The second-order valence-electron chi connectivity index (χ2n) is 5.56. The zero-order chi connectivity index (χ0) is 18.0. The van der Waals surface area contributed by atoms with Gasteiger partial charge in [-0.25, -0.2) is 17.2 Å². The van der Waals surface area contributed by atoms with Crippen LogP contribution < -0.4 is 9.47 Å². The minimum absolute atomic E-state index is 0.00526. The molecule has 0 bridgehead atoms. The molecular weight excluding hydrogens is 352 g/mol. The lowest BCUT2D eigenvalue weighted by atomic mass is 10.2. The molecule has 0 spiro atoms. The zero-order valence-electron chi connectivity index (χ0n) is 13.5. The first-order valence-electron chi connectivity index (χ1n) is 7.75. The summed E-state index contributed by atoms with van der Waals surface area (Å²) in [5, 5.41) is 0. The van der Waals surface area contributed by atoms with Gasteiger partial charge in [0.15, 0.2) is 11.5 Å². The van der Waals surface area contributed by atoms with E-state index in [4.69, 9.17) is 9.47 Å². The van der Waals surface area contributed by atoms with Gasteiger partial charge in [0, 0.05) is 12.6 Å². The van der Waals surface area contributed by atoms with Gasteiger partial charge < -0.3 is 9.47 Å². The van der Waals surface area contributed by atoms with Crippen molar-refractivity contribution in [2.75, 3.05) is 19.7 Å². The number of sulfonamides is 1. The number of halogens is 2. The first-order valence-corrected chi connectivity index (χ1v) is 9.19. The van der Waals surface area contributed by atoms with Gasteiger partial charge in [0.2, 0.25) is 10.0 Å². The van der Waals surface area contributed by atoms with Crippen LogP contribution in [0, 0.1) is 11.6 Å². The van der Waals surface area contributed by atoms with Gasteiger partial charge >= 0.3 is 0 Å². The summed E-state index contributed by atoms with van der Waals surface area (Å²) in [6.07, 6.45) is -0.525. The lowest BCUT2D eigenvalue weighted by Gasteiger charge is -2.30. The number of nitrogens with zero attached hydrogens (tertiary/aromatic N) is 1. The molecular formula is C17H17F2NO4S. The number of fused-ring (bicyclic) bond motifs is 1. The number of rotatable bonds is 5. The normalized spacial score (nSPS) is 16.9. The Hall–Kier alpha value is -2.19. The number of hydrogen-bond donors (Lipinski definition) is 0. The van der Waals surface area contributed by atoms with Crippen molar-refractivity contribution < 1.29 is 26.7 Å². The SMILES string of the molecule is CCN(C[C@@H]1COc2ccccc2O1)S(=O)(=O)c1cc(F)cc(F)c1. The summed E-state index contributed by atoms with van der Waals surface area (Å²) in [4.78, 5) is -0.427. The third kappa shape index (κ3) is 3.74. The molecule has 0 unspecified atom stereocenters. The molecule has 1 aliphatic rings. The monoisotopic (exact) mass is 369 g/mol. The lowest BCUT2D eigenvalue weighted by Crippen LogP contribution is -2.43. The third-order valence-corrected chi connectivity index (χ3v) is 5.72. The van der Waals surface area contributed by atoms with Gasteiger partial charge in [-0.05, 0) is 24.3 Å². The fraction of sp³-hybridized carbons (Fsp3) is 0.294. The van der Waals surface area contributed by atoms with Gasteiger partial charge in [-0.15, -0.1) is 0 Å². The van der Waals surface area contributed by atoms with Crippen molar-refractivity contribution >= 4 is 10.0 Å². The Balaban J connectivity index is 1.80. The lowest BCUT2D eigenvalue weighted by molar-refractivity contribution is 0.0771. The molecule has 1 heterocycles. The highest BCUT2D eigenvalue weighted by Gasteiger charge is 2.30. The van der Waals surface area contributed by atoms with E-state index in [9.17, 15) is 17.2 Å².